The first-order chi connectivity index (χ1) is 10.3. The van der Waals surface area contributed by atoms with Crippen LogP contribution in [-0.2, 0) is 9.53 Å². The lowest BCUT2D eigenvalue weighted by atomic mass is 10.1. The van der Waals surface area contributed by atoms with Crippen LogP contribution in [0, 0.1) is 23.0 Å². The second-order valence-electron chi connectivity index (χ2n) is 5.00. The summed E-state index contributed by atoms with van der Waals surface area (Å²) in [6, 6.07) is 4.62. The molecule has 0 aliphatic carbocycles. The number of carbonyl (C=O) groups excluding carboxylic acids is 2. The number of hydrogen-bond acceptors (Lipinski definition) is 5. The van der Waals surface area contributed by atoms with Gasteiger partial charge in [0.1, 0.15) is 5.56 Å². The summed E-state index contributed by atoms with van der Waals surface area (Å²) in [4.78, 5) is 36.1. The Balaban J connectivity index is 3.10. The zero-order valence-electron chi connectivity index (χ0n) is 13.2. The van der Waals surface area contributed by atoms with E-state index in [1.807, 2.05) is 0 Å². The van der Waals surface area contributed by atoms with E-state index in [1.54, 1.807) is 32.9 Å². The minimum absolute atomic E-state index is 0.0314. The predicted octanol–water partition coefficient (Wildman–Crippen LogP) is 2.17. The molecule has 0 heterocycles. The van der Waals surface area contributed by atoms with E-state index in [-0.39, 0.29) is 17.8 Å². The molecule has 0 bridgehead atoms. The number of rotatable bonds is 6. The van der Waals surface area contributed by atoms with Gasteiger partial charge in [0, 0.05) is 18.7 Å². The molecular weight excluding hydrogens is 288 g/mol. The van der Waals surface area contributed by atoms with Gasteiger partial charge in [-0.25, -0.2) is 0 Å². The van der Waals surface area contributed by atoms with E-state index in [0.717, 1.165) is 0 Å². The largest absolute Gasteiger partial charge is 0.469 e. The summed E-state index contributed by atoms with van der Waals surface area (Å²) in [6.07, 6.45) is 0. The lowest BCUT2D eigenvalue weighted by Crippen LogP contribution is -2.37. The Morgan fingerprint density at radius 2 is 2.05 bits per heavy atom. The topological polar surface area (TPSA) is 89.8 Å². The molecule has 1 rings (SSSR count). The summed E-state index contributed by atoms with van der Waals surface area (Å²) >= 11 is 0. The maximum absolute atomic E-state index is 12.6. The number of methoxy groups -OCH3 is 1. The lowest BCUT2D eigenvalue weighted by Gasteiger charge is -2.23. The quantitative estimate of drug-likeness (QED) is 0.456. The van der Waals surface area contributed by atoms with Crippen molar-refractivity contribution in [1.82, 2.24) is 4.90 Å². The van der Waals surface area contributed by atoms with E-state index in [9.17, 15) is 19.7 Å². The van der Waals surface area contributed by atoms with Gasteiger partial charge in [-0.3, -0.25) is 19.7 Å². The molecule has 0 aliphatic heterocycles. The number of para-hydroxylation sites is 1. The van der Waals surface area contributed by atoms with Crippen LogP contribution in [0.15, 0.2) is 18.2 Å². The van der Waals surface area contributed by atoms with Gasteiger partial charge in [0.05, 0.1) is 18.0 Å². The highest BCUT2D eigenvalue weighted by Crippen LogP contribution is 2.24. The second kappa shape index (κ2) is 7.53. The van der Waals surface area contributed by atoms with Gasteiger partial charge < -0.3 is 9.64 Å². The van der Waals surface area contributed by atoms with Crippen molar-refractivity contribution in [3.05, 3.63) is 39.4 Å². The van der Waals surface area contributed by atoms with Crippen molar-refractivity contribution in [3.63, 3.8) is 0 Å². The van der Waals surface area contributed by atoms with Crippen LogP contribution >= 0.6 is 0 Å². The molecule has 7 nitrogen and oxygen atoms in total. The van der Waals surface area contributed by atoms with Crippen LogP contribution in [0.3, 0.4) is 0 Å². The van der Waals surface area contributed by atoms with Crippen molar-refractivity contribution in [2.24, 2.45) is 5.92 Å². The molecule has 0 spiro atoms. The first-order valence-electron chi connectivity index (χ1n) is 6.94. The van der Waals surface area contributed by atoms with Gasteiger partial charge in [-0.15, -0.1) is 0 Å². The van der Waals surface area contributed by atoms with Crippen LogP contribution in [0.1, 0.15) is 29.8 Å². The molecule has 120 valence electrons. The van der Waals surface area contributed by atoms with Crippen LogP contribution in [0.4, 0.5) is 5.69 Å². The van der Waals surface area contributed by atoms with Gasteiger partial charge in [-0.05, 0) is 19.9 Å². The van der Waals surface area contributed by atoms with Crippen molar-refractivity contribution in [1.29, 1.82) is 0 Å². The Morgan fingerprint density at radius 3 is 2.55 bits per heavy atom. The fourth-order valence-corrected chi connectivity index (χ4v) is 2.21. The van der Waals surface area contributed by atoms with Crippen LogP contribution in [0.2, 0.25) is 0 Å². The van der Waals surface area contributed by atoms with Gasteiger partial charge in [-0.1, -0.05) is 19.1 Å². The highest BCUT2D eigenvalue weighted by atomic mass is 16.6. The van der Waals surface area contributed by atoms with Crippen molar-refractivity contribution >= 4 is 17.6 Å². The van der Waals surface area contributed by atoms with E-state index in [4.69, 9.17) is 0 Å². The predicted molar refractivity (Wildman–Crippen MR) is 80.6 cm³/mol. The maximum atomic E-state index is 12.6. The molecule has 0 saturated carbocycles. The summed E-state index contributed by atoms with van der Waals surface area (Å²) in [5.41, 5.74) is 0.258. The molecule has 22 heavy (non-hydrogen) atoms. The number of nitro groups is 1. The molecule has 1 aromatic rings. The monoisotopic (exact) mass is 308 g/mol. The Morgan fingerprint density at radius 1 is 1.41 bits per heavy atom. The number of esters is 1. The zero-order valence-corrected chi connectivity index (χ0v) is 13.2. The number of ether oxygens (including phenoxy) is 1. The molecule has 0 saturated heterocycles. The van der Waals surface area contributed by atoms with E-state index in [2.05, 4.69) is 4.74 Å². The first kappa shape index (κ1) is 17.6. The third-order valence-electron chi connectivity index (χ3n) is 3.42. The molecule has 0 aliphatic rings. The van der Waals surface area contributed by atoms with E-state index in [0.29, 0.717) is 12.1 Å². The van der Waals surface area contributed by atoms with Crippen LogP contribution in [0.5, 0.6) is 0 Å². The first-order valence-corrected chi connectivity index (χ1v) is 6.94. The zero-order chi connectivity index (χ0) is 16.9. The molecule has 1 amide bonds. The van der Waals surface area contributed by atoms with E-state index >= 15 is 0 Å². The van der Waals surface area contributed by atoms with Gasteiger partial charge in [0.25, 0.3) is 11.6 Å². The van der Waals surface area contributed by atoms with E-state index < -0.39 is 22.7 Å². The molecule has 0 unspecified atom stereocenters. The van der Waals surface area contributed by atoms with Gasteiger partial charge in [0.2, 0.25) is 0 Å². The third kappa shape index (κ3) is 3.81. The normalized spacial score (nSPS) is 11.6. The number of amides is 1. The maximum Gasteiger partial charge on any atom is 0.310 e. The highest BCUT2D eigenvalue weighted by molar-refractivity contribution is 5.98. The molecule has 0 radical (unpaired) electrons. The Kier molecular flexibility index (Phi) is 6.03. The van der Waals surface area contributed by atoms with Crippen molar-refractivity contribution in [2.45, 2.75) is 20.8 Å². The summed E-state index contributed by atoms with van der Waals surface area (Å²) in [7, 11) is 1.28. The molecule has 0 aromatic heterocycles. The third-order valence-corrected chi connectivity index (χ3v) is 3.42. The summed E-state index contributed by atoms with van der Waals surface area (Å²) in [5, 5.41) is 11.2. The molecule has 0 fully saturated rings. The molecule has 0 N–H and O–H groups in total. The number of benzene rings is 1. The summed E-state index contributed by atoms with van der Waals surface area (Å²) < 4.78 is 4.64. The van der Waals surface area contributed by atoms with Crippen molar-refractivity contribution in [3.8, 4) is 0 Å². The van der Waals surface area contributed by atoms with Crippen molar-refractivity contribution < 1.29 is 19.2 Å². The second-order valence-corrected chi connectivity index (χ2v) is 5.00. The Hall–Kier alpha value is -2.44. The van der Waals surface area contributed by atoms with Gasteiger partial charge in [-0.2, -0.15) is 0 Å². The van der Waals surface area contributed by atoms with Gasteiger partial charge in [0.15, 0.2) is 0 Å². The fraction of sp³-hybridized carbons (Fsp3) is 0.467. The molecule has 1 atom stereocenters. The highest BCUT2D eigenvalue weighted by Gasteiger charge is 2.27. The van der Waals surface area contributed by atoms with Crippen LogP contribution in [-0.4, -0.2) is 41.9 Å². The minimum atomic E-state index is -0.555. The van der Waals surface area contributed by atoms with Gasteiger partial charge >= 0.3 is 5.97 Å². The standard InChI is InChI=1S/C15H20N2O5/c1-5-16(9-11(3)15(19)22-4)14(18)12-8-6-7-10(2)13(12)17(20)21/h6-8,11H,5,9H2,1-4H3/t11-/m0/s1. The molecule has 1 aromatic carbocycles. The minimum Gasteiger partial charge on any atom is -0.469 e. The molecule has 7 heteroatoms. The number of carbonyl (C=O) groups is 2. The SMILES string of the molecule is CCN(C[C@H](C)C(=O)OC)C(=O)c1cccc(C)c1[N+](=O)[O-]. The number of aryl methyl sites for hydroxylation is 1. The van der Waals surface area contributed by atoms with E-state index in [1.165, 1.54) is 18.1 Å². The smallest absolute Gasteiger partial charge is 0.310 e. The van der Waals surface area contributed by atoms with Crippen LogP contribution in [0.25, 0.3) is 0 Å². The molecular formula is C15H20N2O5. The number of nitrogens with zero attached hydrogens (tertiary/aromatic N) is 2. The lowest BCUT2D eigenvalue weighted by molar-refractivity contribution is -0.385. The average molecular weight is 308 g/mol. The average Bonchev–Trinajstić information content (AvgIpc) is 2.50. The number of hydrogen-bond donors (Lipinski definition) is 0. The summed E-state index contributed by atoms with van der Waals surface area (Å²) in [5.74, 6) is -1.39. The van der Waals surface area contributed by atoms with Crippen LogP contribution < -0.4 is 0 Å². The number of nitro benzene ring substituents is 1. The Bertz CT molecular complexity index is 585. The Labute approximate surface area is 129 Å². The van der Waals surface area contributed by atoms with Crippen molar-refractivity contribution in [2.75, 3.05) is 20.2 Å². The fourth-order valence-electron chi connectivity index (χ4n) is 2.21. The summed E-state index contributed by atoms with van der Waals surface area (Å²) in [6.45, 7) is 5.47.